The monoisotopic (exact) mass is 426 g/mol. The first-order valence-corrected chi connectivity index (χ1v) is 9.14. The smallest absolute Gasteiger partial charge is 0.387 e. The van der Waals surface area contributed by atoms with Gasteiger partial charge >= 0.3 is 6.61 Å². The molecule has 2 aromatic carbocycles. The van der Waals surface area contributed by atoms with Gasteiger partial charge in [0.1, 0.15) is 6.04 Å². The van der Waals surface area contributed by atoms with Crippen LogP contribution in [-0.2, 0) is 11.2 Å². The maximum atomic E-state index is 12.4. The van der Waals surface area contributed by atoms with E-state index in [1.54, 1.807) is 43.3 Å². The van der Waals surface area contributed by atoms with Crippen LogP contribution in [0.4, 0.5) is 8.78 Å². The van der Waals surface area contributed by atoms with Crippen LogP contribution in [-0.4, -0.2) is 38.1 Å². The Bertz CT molecular complexity index is 864. The quantitative estimate of drug-likeness (QED) is 0.644. The fraction of sp³-hybridized carbons (Fsp3) is 0.300. The Kier molecular flexibility index (Phi) is 8.21. The van der Waals surface area contributed by atoms with Crippen molar-refractivity contribution in [1.29, 1.82) is 0 Å². The van der Waals surface area contributed by atoms with Crippen molar-refractivity contribution in [2.75, 3.05) is 13.7 Å². The van der Waals surface area contributed by atoms with E-state index in [0.717, 1.165) is 5.56 Å². The molecule has 2 aromatic rings. The molecule has 0 radical (unpaired) electrons. The second-order valence-electron chi connectivity index (χ2n) is 6.08. The maximum absolute atomic E-state index is 12.4. The normalized spacial score (nSPS) is 11.7. The van der Waals surface area contributed by atoms with Crippen LogP contribution in [0.15, 0.2) is 42.5 Å². The zero-order valence-electron chi connectivity index (χ0n) is 15.9. The molecular weight excluding hydrogens is 406 g/mol. The fourth-order valence-electron chi connectivity index (χ4n) is 2.53. The molecule has 0 saturated carbocycles. The summed E-state index contributed by atoms with van der Waals surface area (Å²) in [6.07, 6.45) is 0.433. The van der Waals surface area contributed by atoms with Crippen LogP contribution in [0.3, 0.4) is 0 Å². The summed E-state index contributed by atoms with van der Waals surface area (Å²) in [6.45, 7) is -1.11. The molecule has 156 valence electrons. The number of rotatable bonds is 9. The lowest BCUT2D eigenvalue weighted by Crippen LogP contribution is -2.45. The number of alkyl halides is 2. The van der Waals surface area contributed by atoms with Gasteiger partial charge in [0.2, 0.25) is 5.91 Å². The van der Waals surface area contributed by atoms with Gasteiger partial charge in [-0.3, -0.25) is 9.59 Å². The standard InChI is InChI=1S/C20H21ClF2N2O4/c1-12(25-19(27)14-5-3-4-6-15(14)21)18(26)24-10-9-13-7-8-16(29-20(22)23)17(11-13)28-2/h3-8,11-12,20H,9-10H2,1-2H3,(H,24,26)(H,25,27)/t12-/m0/s1. The van der Waals surface area contributed by atoms with Gasteiger partial charge in [0, 0.05) is 6.54 Å². The first kappa shape index (κ1) is 22.4. The molecule has 29 heavy (non-hydrogen) atoms. The van der Waals surface area contributed by atoms with Gasteiger partial charge in [-0.05, 0) is 43.2 Å². The summed E-state index contributed by atoms with van der Waals surface area (Å²) < 4.78 is 34.1. The number of benzene rings is 2. The molecule has 0 aliphatic rings. The average Bonchev–Trinajstić information content (AvgIpc) is 2.68. The lowest BCUT2D eigenvalue weighted by Gasteiger charge is -2.15. The summed E-state index contributed by atoms with van der Waals surface area (Å²) in [5.74, 6) is -0.701. The van der Waals surface area contributed by atoms with Crippen LogP contribution in [0.2, 0.25) is 5.02 Å². The fourth-order valence-corrected chi connectivity index (χ4v) is 2.75. The summed E-state index contributed by atoms with van der Waals surface area (Å²) in [5, 5.41) is 5.59. The van der Waals surface area contributed by atoms with E-state index in [1.807, 2.05) is 0 Å². The Morgan fingerprint density at radius 3 is 2.52 bits per heavy atom. The second kappa shape index (κ2) is 10.6. The Balaban J connectivity index is 1.86. The summed E-state index contributed by atoms with van der Waals surface area (Å²) >= 11 is 5.98. The summed E-state index contributed by atoms with van der Waals surface area (Å²) in [7, 11) is 1.35. The molecule has 0 aromatic heterocycles. The highest BCUT2D eigenvalue weighted by molar-refractivity contribution is 6.33. The third-order valence-corrected chi connectivity index (χ3v) is 4.35. The van der Waals surface area contributed by atoms with Crippen LogP contribution in [0.1, 0.15) is 22.8 Å². The highest BCUT2D eigenvalue weighted by Gasteiger charge is 2.18. The zero-order valence-corrected chi connectivity index (χ0v) is 16.6. The van der Waals surface area contributed by atoms with Crippen molar-refractivity contribution in [3.05, 3.63) is 58.6 Å². The van der Waals surface area contributed by atoms with E-state index in [4.69, 9.17) is 16.3 Å². The molecule has 2 rings (SSSR count). The van der Waals surface area contributed by atoms with E-state index in [2.05, 4.69) is 15.4 Å². The lowest BCUT2D eigenvalue weighted by molar-refractivity contribution is -0.122. The van der Waals surface area contributed by atoms with Crippen molar-refractivity contribution in [3.8, 4) is 11.5 Å². The van der Waals surface area contributed by atoms with Gasteiger partial charge in [0.05, 0.1) is 17.7 Å². The minimum Gasteiger partial charge on any atom is -0.493 e. The number of methoxy groups -OCH3 is 1. The average molecular weight is 427 g/mol. The van der Waals surface area contributed by atoms with E-state index in [-0.39, 0.29) is 29.5 Å². The lowest BCUT2D eigenvalue weighted by atomic mass is 10.1. The molecule has 0 unspecified atom stereocenters. The van der Waals surface area contributed by atoms with Gasteiger partial charge < -0.3 is 20.1 Å². The highest BCUT2D eigenvalue weighted by atomic mass is 35.5. The predicted molar refractivity (Wildman–Crippen MR) is 105 cm³/mol. The molecule has 0 aliphatic heterocycles. The van der Waals surface area contributed by atoms with E-state index in [9.17, 15) is 18.4 Å². The van der Waals surface area contributed by atoms with Gasteiger partial charge in [-0.15, -0.1) is 0 Å². The van der Waals surface area contributed by atoms with Crippen molar-refractivity contribution in [2.45, 2.75) is 26.0 Å². The summed E-state index contributed by atoms with van der Waals surface area (Å²) in [4.78, 5) is 24.4. The van der Waals surface area contributed by atoms with E-state index >= 15 is 0 Å². The topological polar surface area (TPSA) is 76.7 Å². The molecule has 1 atom stereocenters. The second-order valence-corrected chi connectivity index (χ2v) is 6.49. The highest BCUT2D eigenvalue weighted by Crippen LogP contribution is 2.29. The largest absolute Gasteiger partial charge is 0.493 e. The van der Waals surface area contributed by atoms with Gasteiger partial charge in [-0.25, -0.2) is 0 Å². The van der Waals surface area contributed by atoms with E-state index in [1.165, 1.54) is 13.2 Å². The number of hydrogen-bond acceptors (Lipinski definition) is 4. The summed E-state index contributed by atoms with van der Waals surface area (Å²) in [5.41, 5.74) is 1.04. The molecule has 2 N–H and O–H groups in total. The zero-order chi connectivity index (χ0) is 21.4. The van der Waals surface area contributed by atoms with E-state index < -0.39 is 18.6 Å². The predicted octanol–water partition coefficient (Wildman–Crippen LogP) is 3.43. The maximum Gasteiger partial charge on any atom is 0.387 e. The van der Waals surface area contributed by atoms with Crippen LogP contribution in [0, 0.1) is 0 Å². The first-order valence-electron chi connectivity index (χ1n) is 8.76. The molecule has 9 heteroatoms. The number of ether oxygens (including phenoxy) is 2. The van der Waals surface area contributed by atoms with Crippen LogP contribution in [0.25, 0.3) is 0 Å². The van der Waals surface area contributed by atoms with E-state index in [0.29, 0.717) is 11.4 Å². The molecule has 0 saturated heterocycles. The minimum atomic E-state index is -2.95. The van der Waals surface area contributed by atoms with Gasteiger partial charge in [-0.1, -0.05) is 29.8 Å². The van der Waals surface area contributed by atoms with Crippen molar-refractivity contribution in [3.63, 3.8) is 0 Å². The molecule has 6 nitrogen and oxygen atoms in total. The number of halogens is 3. The number of carbonyl (C=O) groups is 2. The number of amides is 2. The summed E-state index contributed by atoms with van der Waals surface area (Å²) in [6, 6.07) is 10.3. The number of nitrogens with one attached hydrogen (secondary N) is 2. The molecule has 0 bridgehead atoms. The van der Waals surface area contributed by atoms with Crippen LogP contribution >= 0.6 is 11.6 Å². The number of carbonyl (C=O) groups excluding carboxylic acids is 2. The molecule has 0 heterocycles. The molecule has 0 fully saturated rings. The van der Waals surface area contributed by atoms with Gasteiger partial charge in [0.15, 0.2) is 11.5 Å². The first-order chi connectivity index (χ1) is 13.8. The molecular formula is C20H21ClF2N2O4. The molecule has 0 aliphatic carbocycles. The van der Waals surface area contributed by atoms with Crippen LogP contribution in [0.5, 0.6) is 11.5 Å². The van der Waals surface area contributed by atoms with Crippen molar-refractivity contribution in [2.24, 2.45) is 0 Å². The Labute approximate surface area is 172 Å². The van der Waals surface area contributed by atoms with Gasteiger partial charge in [-0.2, -0.15) is 8.78 Å². The number of hydrogen-bond donors (Lipinski definition) is 2. The minimum absolute atomic E-state index is 0.0637. The van der Waals surface area contributed by atoms with Crippen molar-refractivity contribution in [1.82, 2.24) is 10.6 Å². The van der Waals surface area contributed by atoms with Crippen molar-refractivity contribution >= 4 is 23.4 Å². The SMILES string of the molecule is COc1cc(CCNC(=O)[C@H](C)NC(=O)c2ccccc2Cl)ccc1OC(F)F. The Morgan fingerprint density at radius 1 is 1.14 bits per heavy atom. The van der Waals surface area contributed by atoms with Crippen molar-refractivity contribution < 1.29 is 27.8 Å². The third-order valence-electron chi connectivity index (χ3n) is 4.02. The molecule has 0 spiro atoms. The third kappa shape index (κ3) is 6.60. The molecule has 2 amide bonds. The Hall–Kier alpha value is -2.87. The Morgan fingerprint density at radius 2 is 1.86 bits per heavy atom. The van der Waals surface area contributed by atoms with Gasteiger partial charge in [0.25, 0.3) is 5.91 Å². The van der Waals surface area contributed by atoms with Crippen LogP contribution < -0.4 is 20.1 Å².